The Hall–Kier alpha value is -3.93. The summed E-state index contributed by atoms with van der Waals surface area (Å²) in [6.45, 7) is 4.04. The van der Waals surface area contributed by atoms with E-state index < -0.39 is 17.8 Å². The number of esters is 1. The molecule has 1 unspecified atom stereocenters. The van der Waals surface area contributed by atoms with Crippen LogP contribution in [0, 0.1) is 5.92 Å². The minimum atomic E-state index is -0.926. The van der Waals surface area contributed by atoms with Gasteiger partial charge < -0.3 is 38.5 Å². The van der Waals surface area contributed by atoms with E-state index in [1.165, 1.54) is 7.11 Å². The third-order valence-corrected chi connectivity index (χ3v) is 7.69. The van der Waals surface area contributed by atoms with Crippen molar-refractivity contribution in [3.8, 4) is 5.75 Å². The molecule has 1 amide bonds. The second-order valence-corrected chi connectivity index (χ2v) is 10.4. The number of alkyl carbamates (subject to hydrolysis) is 1. The summed E-state index contributed by atoms with van der Waals surface area (Å²) in [4.78, 5) is 39.5. The van der Waals surface area contributed by atoms with E-state index in [1.54, 1.807) is 16.7 Å². The van der Waals surface area contributed by atoms with Crippen molar-refractivity contribution in [2.24, 2.45) is 5.92 Å². The molecule has 11 heteroatoms. The highest BCUT2D eigenvalue weighted by Crippen LogP contribution is 2.36. The summed E-state index contributed by atoms with van der Waals surface area (Å²) in [6.07, 6.45) is 0.666. The molecule has 42 heavy (non-hydrogen) atoms. The van der Waals surface area contributed by atoms with Crippen LogP contribution in [0.1, 0.15) is 18.4 Å². The highest BCUT2D eigenvalue weighted by molar-refractivity contribution is 5.80. The van der Waals surface area contributed by atoms with Crippen LogP contribution in [0.15, 0.2) is 65.5 Å². The number of nitrogens with zero attached hydrogens (tertiary/aromatic N) is 2. The molecule has 2 aliphatic heterocycles. The van der Waals surface area contributed by atoms with Gasteiger partial charge in [-0.1, -0.05) is 30.3 Å². The number of hydrogen-bond donors (Lipinski definition) is 1. The van der Waals surface area contributed by atoms with Crippen molar-refractivity contribution < 1.29 is 33.3 Å². The standard InChI is InChI=1S/C31H37N3O8/c1-38-29(36)26-21-33(14-12-31(26)41-18-19-42-31)15-16-34-27-20-25(10-8-24(27)9-11-28(34)35)39-17-5-13-32-30(37)40-22-23-6-3-2-4-7-23/h2-4,6-11,20,26H,5,12-19,21-22H2,1H3,(H,32,37). The molecule has 0 aliphatic carbocycles. The van der Waals surface area contributed by atoms with Crippen molar-refractivity contribution in [1.82, 2.24) is 14.8 Å². The first kappa shape index (κ1) is 29.6. The Morgan fingerprint density at radius 3 is 2.62 bits per heavy atom. The lowest BCUT2D eigenvalue weighted by Crippen LogP contribution is -2.56. The molecule has 1 N–H and O–H groups in total. The summed E-state index contributed by atoms with van der Waals surface area (Å²) >= 11 is 0. The van der Waals surface area contributed by atoms with Gasteiger partial charge in [0.1, 0.15) is 18.3 Å². The molecule has 1 aromatic heterocycles. The minimum absolute atomic E-state index is 0.113. The molecule has 2 aromatic carbocycles. The maximum absolute atomic E-state index is 12.9. The smallest absolute Gasteiger partial charge is 0.407 e. The van der Waals surface area contributed by atoms with E-state index in [9.17, 15) is 14.4 Å². The Labute approximate surface area is 244 Å². The molecule has 0 radical (unpaired) electrons. The summed E-state index contributed by atoms with van der Waals surface area (Å²) in [5.74, 6) is -1.20. The second kappa shape index (κ2) is 13.8. The van der Waals surface area contributed by atoms with Gasteiger partial charge in [0.2, 0.25) is 0 Å². The monoisotopic (exact) mass is 579 g/mol. The SMILES string of the molecule is COC(=O)C1CN(CCn2c(=O)ccc3ccc(OCCCNC(=O)OCc4ccccc4)cc32)CCC12OCCO2. The third kappa shape index (κ3) is 7.10. The van der Waals surface area contributed by atoms with Crippen molar-refractivity contribution in [1.29, 1.82) is 0 Å². The van der Waals surface area contributed by atoms with Gasteiger partial charge in [-0.25, -0.2) is 4.79 Å². The van der Waals surface area contributed by atoms with Crippen molar-refractivity contribution in [3.63, 3.8) is 0 Å². The first-order valence-electron chi connectivity index (χ1n) is 14.3. The zero-order chi connectivity index (χ0) is 29.4. The van der Waals surface area contributed by atoms with Crippen LogP contribution in [0.2, 0.25) is 0 Å². The summed E-state index contributed by atoms with van der Waals surface area (Å²) in [7, 11) is 1.37. The molecular weight excluding hydrogens is 542 g/mol. The number of ether oxygens (including phenoxy) is 5. The van der Waals surface area contributed by atoms with E-state index in [2.05, 4.69) is 10.2 Å². The van der Waals surface area contributed by atoms with Crippen LogP contribution in [0.4, 0.5) is 4.79 Å². The summed E-state index contributed by atoms with van der Waals surface area (Å²) in [5, 5.41) is 3.65. The largest absolute Gasteiger partial charge is 0.493 e. The number of likely N-dealkylation sites (tertiary alicyclic amines) is 1. The first-order chi connectivity index (χ1) is 20.5. The van der Waals surface area contributed by atoms with Crippen molar-refractivity contribution in [2.75, 3.05) is 53.1 Å². The molecule has 5 rings (SSSR count). The van der Waals surface area contributed by atoms with Gasteiger partial charge in [-0.15, -0.1) is 0 Å². The van der Waals surface area contributed by atoms with Crippen molar-refractivity contribution in [3.05, 3.63) is 76.6 Å². The molecule has 2 aliphatic rings. The number of pyridine rings is 1. The first-order valence-corrected chi connectivity index (χ1v) is 14.3. The van der Waals surface area contributed by atoms with Crippen LogP contribution >= 0.6 is 0 Å². The Morgan fingerprint density at radius 2 is 1.83 bits per heavy atom. The number of methoxy groups -OCH3 is 1. The van der Waals surface area contributed by atoms with E-state index in [-0.39, 0.29) is 18.1 Å². The van der Waals surface area contributed by atoms with E-state index in [1.807, 2.05) is 48.5 Å². The van der Waals surface area contributed by atoms with Gasteiger partial charge in [0, 0.05) is 51.3 Å². The summed E-state index contributed by atoms with van der Waals surface area (Å²) in [5.41, 5.74) is 1.58. The number of hydrogen-bond acceptors (Lipinski definition) is 9. The minimum Gasteiger partial charge on any atom is -0.493 e. The fraction of sp³-hybridized carbons (Fsp3) is 0.452. The van der Waals surface area contributed by atoms with Gasteiger partial charge in [0.25, 0.3) is 5.56 Å². The molecular formula is C31H37N3O8. The topological polar surface area (TPSA) is 118 Å². The van der Waals surface area contributed by atoms with Gasteiger partial charge in [-0.3, -0.25) is 9.59 Å². The zero-order valence-corrected chi connectivity index (χ0v) is 23.8. The van der Waals surface area contributed by atoms with Gasteiger partial charge >= 0.3 is 12.1 Å². The van der Waals surface area contributed by atoms with Crippen molar-refractivity contribution >= 4 is 23.0 Å². The number of benzene rings is 2. The highest BCUT2D eigenvalue weighted by atomic mass is 16.7. The molecule has 3 aromatic rings. The number of piperidine rings is 1. The number of nitrogens with one attached hydrogen (secondary N) is 1. The average Bonchev–Trinajstić information content (AvgIpc) is 3.49. The molecule has 2 saturated heterocycles. The predicted octanol–water partition coefficient (Wildman–Crippen LogP) is 2.93. The summed E-state index contributed by atoms with van der Waals surface area (Å²) in [6, 6.07) is 18.5. The van der Waals surface area contributed by atoms with Crippen LogP contribution in [-0.4, -0.2) is 80.4 Å². The number of amides is 1. The maximum Gasteiger partial charge on any atom is 0.407 e. The lowest BCUT2D eigenvalue weighted by molar-refractivity contribution is -0.227. The molecule has 1 atom stereocenters. The quantitative estimate of drug-likeness (QED) is 0.270. The summed E-state index contributed by atoms with van der Waals surface area (Å²) < 4.78 is 29.6. The molecule has 11 nitrogen and oxygen atoms in total. The molecule has 224 valence electrons. The fourth-order valence-electron chi connectivity index (χ4n) is 5.45. The molecule has 0 bridgehead atoms. The Morgan fingerprint density at radius 1 is 1.05 bits per heavy atom. The van der Waals surface area contributed by atoms with Crippen LogP contribution < -0.4 is 15.6 Å². The molecule has 3 heterocycles. The van der Waals surface area contributed by atoms with Gasteiger partial charge in [0.05, 0.1) is 32.4 Å². The maximum atomic E-state index is 12.9. The number of aromatic nitrogens is 1. The van der Waals surface area contributed by atoms with Crippen LogP contribution in [0.25, 0.3) is 10.9 Å². The van der Waals surface area contributed by atoms with Crippen LogP contribution in [0.3, 0.4) is 0 Å². The average molecular weight is 580 g/mol. The van der Waals surface area contributed by atoms with Gasteiger partial charge in [0.15, 0.2) is 5.79 Å². The highest BCUT2D eigenvalue weighted by Gasteiger charge is 2.51. The van der Waals surface area contributed by atoms with Crippen LogP contribution in [0.5, 0.6) is 5.75 Å². The fourth-order valence-corrected chi connectivity index (χ4v) is 5.45. The van der Waals surface area contributed by atoms with Crippen LogP contribution in [-0.2, 0) is 36.9 Å². The zero-order valence-electron chi connectivity index (χ0n) is 23.8. The lowest BCUT2D eigenvalue weighted by Gasteiger charge is -2.42. The predicted molar refractivity (Wildman–Crippen MR) is 154 cm³/mol. The number of fused-ring (bicyclic) bond motifs is 1. The van der Waals surface area contributed by atoms with E-state index in [4.69, 9.17) is 23.7 Å². The molecule has 2 fully saturated rings. The van der Waals surface area contributed by atoms with Crippen molar-refractivity contribution in [2.45, 2.75) is 31.8 Å². The molecule has 1 spiro atoms. The Bertz CT molecular complexity index is 1420. The Balaban J connectivity index is 1.13. The Kier molecular flexibility index (Phi) is 9.73. The second-order valence-electron chi connectivity index (χ2n) is 10.4. The number of carbonyl (C=O) groups is 2. The number of carbonyl (C=O) groups excluding carboxylic acids is 2. The van der Waals surface area contributed by atoms with E-state index in [0.717, 1.165) is 16.5 Å². The normalized spacial score (nSPS) is 18.2. The van der Waals surface area contributed by atoms with Gasteiger partial charge in [-0.2, -0.15) is 0 Å². The lowest BCUT2D eigenvalue weighted by atomic mass is 9.90. The molecule has 0 saturated carbocycles. The van der Waals surface area contributed by atoms with Gasteiger partial charge in [-0.05, 0) is 35.6 Å². The van der Waals surface area contributed by atoms with E-state index >= 15 is 0 Å². The third-order valence-electron chi connectivity index (χ3n) is 7.69. The van der Waals surface area contributed by atoms with E-state index in [0.29, 0.717) is 71.1 Å². The number of rotatable bonds is 11.